The summed E-state index contributed by atoms with van der Waals surface area (Å²) in [5.41, 5.74) is 0. The molecule has 4 heteroatoms. The summed E-state index contributed by atoms with van der Waals surface area (Å²) in [6.07, 6.45) is 32.0. The standard InChI is InChI=1S/C28H44O4/c1-3-5-6-7-8-9-10-11-12-13-14-15-16-17-18-19-20-21-22-24-28(31)32-26(23-4-2)25-27(29)30/h5-6,8-9,11-12,14-15,17-18,26H,3-4,7,10,13,16,19-25H2,1-2H3,(H,29,30)/b6-5-,9-8-,12-11-,15-14-,18-17-. The number of aliphatic carboxylic acids is 1. The SMILES string of the molecule is CC/C=C\C/C=C\C/C=C\C/C=C\C/C=C\CCCCCC(=O)OC(CCC)CC(=O)O. The third-order valence-corrected chi connectivity index (χ3v) is 4.72. The molecule has 0 saturated carbocycles. The second-order valence-electron chi connectivity index (χ2n) is 7.81. The summed E-state index contributed by atoms with van der Waals surface area (Å²) in [5, 5.41) is 8.86. The minimum Gasteiger partial charge on any atom is -0.481 e. The number of hydrogen-bond acceptors (Lipinski definition) is 3. The van der Waals surface area contributed by atoms with Crippen molar-refractivity contribution < 1.29 is 19.4 Å². The molecule has 0 amide bonds. The zero-order chi connectivity index (χ0) is 23.7. The molecule has 0 aliphatic heterocycles. The first-order chi connectivity index (χ1) is 15.6. The Bertz CT molecular complexity index is 611. The second-order valence-corrected chi connectivity index (χ2v) is 7.81. The average molecular weight is 445 g/mol. The fourth-order valence-electron chi connectivity index (χ4n) is 3.04. The fraction of sp³-hybridized carbons (Fsp3) is 0.571. The van der Waals surface area contributed by atoms with Crippen LogP contribution in [-0.4, -0.2) is 23.1 Å². The Morgan fingerprint density at radius 2 is 1.28 bits per heavy atom. The summed E-state index contributed by atoms with van der Waals surface area (Å²) in [4.78, 5) is 22.6. The highest BCUT2D eigenvalue weighted by atomic mass is 16.5. The Labute approximate surface area is 195 Å². The van der Waals surface area contributed by atoms with E-state index < -0.39 is 12.1 Å². The van der Waals surface area contributed by atoms with Crippen LogP contribution in [0.25, 0.3) is 0 Å². The summed E-state index contributed by atoms with van der Waals surface area (Å²) in [5.74, 6) is -1.20. The number of carboxylic acids is 1. The highest BCUT2D eigenvalue weighted by molar-refractivity contribution is 5.71. The van der Waals surface area contributed by atoms with Crippen LogP contribution in [0, 0.1) is 0 Å². The van der Waals surface area contributed by atoms with Gasteiger partial charge in [0.2, 0.25) is 0 Å². The van der Waals surface area contributed by atoms with Crippen LogP contribution >= 0.6 is 0 Å². The van der Waals surface area contributed by atoms with Gasteiger partial charge in [-0.05, 0) is 57.8 Å². The van der Waals surface area contributed by atoms with Gasteiger partial charge in [0.05, 0.1) is 6.42 Å². The van der Waals surface area contributed by atoms with Gasteiger partial charge in [-0.3, -0.25) is 9.59 Å². The van der Waals surface area contributed by atoms with E-state index in [0.717, 1.165) is 64.2 Å². The number of esters is 1. The minimum absolute atomic E-state index is 0.107. The Morgan fingerprint density at radius 3 is 1.78 bits per heavy atom. The normalized spacial score (nSPS) is 13.3. The molecular weight excluding hydrogens is 400 g/mol. The maximum Gasteiger partial charge on any atom is 0.307 e. The van der Waals surface area contributed by atoms with Crippen molar-refractivity contribution in [3.05, 3.63) is 60.8 Å². The number of ether oxygens (including phenoxy) is 1. The largest absolute Gasteiger partial charge is 0.481 e. The van der Waals surface area contributed by atoms with Crippen LogP contribution in [-0.2, 0) is 14.3 Å². The lowest BCUT2D eigenvalue weighted by molar-refractivity contribution is -0.153. The van der Waals surface area contributed by atoms with E-state index >= 15 is 0 Å². The summed E-state index contributed by atoms with van der Waals surface area (Å²) < 4.78 is 5.29. The predicted molar refractivity (Wildman–Crippen MR) is 135 cm³/mol. The van der Waals surface area contributed by atoms with Gasteiger partial charge in [-0.2, -0.15) is 0 Å². The Morgan fingerprint density at radius 1 is 0.750 bits per heavy atom. The maximum atomic E-state index is 11.8. The minimum atomic E-state index is -0.923. The molecular formula is C28H44O4. The zero-order valence-corrected chi connectivity index (χ0v) is 20.2. The van der Waals surface area contributed by atoms with Crippen LogP contribution < -0.4 is 0 Å². The molecule has 1 unspecified atom stereocenters. The smallest absolute Gasteiger partial charge is 0.307 e. The van der Waals surface area contributed by atoms with Crippen LogP contribution in [0.5, 0.6) is 0 Å². The van der Waals surface area contributed by atoms with E-state index in [4.69, 9.17) is 9.84 Å². The lowest BCUT2D eigenvalue weighted by atomic mass is 10.1. The van der Waals surface area contributed by atoms with Crippen molar-refractivity contribution in [2.24, 2.45) is 0 Å². The molecule has 0 heterocycles. The van der Waals surface area contributed by atoms with Crippen molar-refractivity contribution in [2.75, 3.05) is 0 Å². The monoisotopic (exact) mass is 444 g/mol. The summed E-state index contributed by atoms with van der Waals surface area (Å²) in [6, 6.07) is 0. The van der Waals surface area contributed by atoms with Crippen molar-refractivity contribution in [1.82, 2.24) is 0 Å². The van der Waals surface area contributed by atoms with Gasteiger partial charge in [0.15, 0.2) is 0 Å². The molecule has 0 aromatic carbocycles. The molecule has 1 N–H and O–H groups in total. The van der Waals surface area contributed by atoms with Gasteiger partial charge in [0.1, 0.15) is 6.10 Å². The Hall–Kier alpha value is -2.36. The lowest BCUT2D eigenvalue weighted by Gasteiger charge is -2.15. The zero-order valence-electron chi connectivity index (χ0n) is 20.2. The molecule has 0 aliphatic carbocycles. The molecule has 0 fully saturated rings. The highest BCUT2D eigenvalue weighted by Crippen LogP contribution is 2.11. The average Bonchev–Trinajstić information content (AvgIpc) is 2.75. The number of carbonyl (C=O) groups excluding carboxylic acids is 1. The fourth-order valence-corrected chi connectivity index (χ4v) is 3.04. The summed E-state index contributed by atoms with van der Waals surface area (Å²) in [7, 11) is 0. The number of hydrogen-bond donors (Lipinski definition) is 1. The number of unbranched alkanes of at least 4 members (excludes halogenated alkanes) is 3. The molecule has 1 atom stereocenters. The third kappa shape index (κ3) is 22.3. The van der Waals surface area contributed by atoms with Crippen LogP contribution in [0.2, 0.25) is 0 Å². The first kappa shape index (κ1) is 29.6. The van der Waals surface area contributed by atoms with Crippen LogP contribution in [0.15, 0.2) is 60.8 Å². The first-order valence-corrected chi connectivity index (χ1v) is 12.3. The molecule has 4 nitrogen and oxygen atoms in total. The Kier molecular flexibility index (Phi) is 21.6. The molecule has 32 heavy (non-hydrogen) atoms. The second kappa shape index (κ2) is 23.3. The van der Waals surface area contributed by atoms with E-state index in [1.807, 2.05) is 6.92 Å². The van der Waals surface area contributed by atoms with Crippen molar-refractivity contribution in [2.45, 2.75) is 103 Å². The van der Waals surface area contributed by atoms with Gasteiger partial charge in [-0.25, -0.2) is 0 Å². The topological polar surface area (TPSA) is 63.6 Å². The molecule has 0 aliphatic rings. The van der Waals surface area contributed by atoms with Crippen molar-refractivity contribution in [3.63, 3.8) is 0 Å². The van der Waals surface area contributed by atoms with Crippen molar-refractivity contribution >= 4 is 11.9 Å². The highest BCUT2D eigenvalue weighted by Gasteiger charge is 2.16. The molecule has 0 saturated heterocycles. The molecule has 0 spiro atoms. The lowest BCUT2D eigenvalue weighted by Crippen LogP contribution is -2.21. The number of allylic oxidation sites excluding steroid dienone is 10. The van der Waals surface area contributed by atoms with E-state index in [0.29, 0.717) is 12.8 Å². The van der Waals surface area contributed by atoms with Gasteiger partial charge in [-0.15, -0.1) is 0 Å². The molecule has 0 aromatic rings. The van der Waals surface area contributed by atoms with Gasteiger partial charge < -0.3 is 9.84 Å². The first-order valence-electron chi connectivity index (χ1n) is 12.3. The van der Waals surface area contributed by atoms with Crippen LogP contribution in [0.4, 0.5) is 0 Å². The number of carbonyl (C=O) groups is 2. The molecule has 0 rings (SSSR count). The number of rotatable bonds is 20. The molecule has 0 radical (unpaired) electrons. The van der Waals surface area contributed by atoms with Gasteiger partial charge in [0.25, 0.3) is 0 Å². The van der Waals surface area contributed by atoms with Gasteiger partial charge in [0, 0.05) is 6.42 Å². The van der Waals surface area contributed by atoms with E-state index in [-0.39, 0.29) is 12.4 Å². The van der Waals surface area contributed by atoms with Gasteiger partial charge in [-0.1, -0.05) is 87.4 Å². The Balaban J connectivity index is 3.65. The maximum absolute atomic E-state index is 11.8. The van der Waals surface area contributed by atoms with Crippen LogP contribution in [0.3, 0.4) is 0 Å². The number of carboxylic acid groups (broad SMARTS) is 1. The quantitative estimate of drug-likeness (QED) is 0.118. The summed E-state index contributed by atoms with van der Waals surface area (Å²) in [6.45, 7) is 4.10. The molecule has 0 bridgehead atoms. The summed E-state index contributed by atoms with van der Waals surface area (Å²) >= 11 is 0. The molecule has 0 aromatic heterocycles. The van der Waals surface area contributed by atoms with Crippen molar-refractivity contribution in [1.29, 1.82) is 0 Å². The van der Waals surface area contributed by atoms with E-state index in [1.54, 1.807) is 0 Å². The van der Waals surface area contributed by atoms with Crippen molar-refractivity contribution in [3.8, 4) is 0 Å². The third-order valence-electron chi connectivity index (χ3n) is 4.72. The van der Waals surface area contributed by atoms with E-state index in [9.17, 15) is 9.59 Å². The van der Waals surface area contributed by atoms with E-state index in [2.05, 4.69) is 67.7 Å². The predicted octanol–water partition coefficient (Wildman–Crippen LogP) is 7.87. The van der Waals surface area contributed by atoms with Crippen LogP contribution in [0.1, 0.15) is 97.3 Å². The van der Waals surface area contributed by atoms with E-state index in [1.165, 1.54) is 0 Å². The van der Waals surface area contributed by atoms with Gasteiger partial charge >= 0.3 is 11.9 Å². The molecule has 180 valence electrons.